The second kappa shape index (κ2) is 13.3. The summed E-state index contributed by atoms with van der Waals surface area (Å²) < 4.78 is 10.8. The zero-order chi connectivity index (χ0) is 20.9. The number of carbonyl (C=O) groups is 2. The number of ether oxygens (including phenoxy) is 1. The molecule has 1 aromatic carbocycles. The molecule has 9 heteroatoms. The molecular formula is C19H30BN3O4S. The molecule has 0 spiro atoms. The predicted octanol–water partition coefficient (Wildman–Crippen LogP) is 0.793. The van der Waals surface area contributed by atoms with Gasteiger partial charge in [0.1, 0.15) is 18.4 Å². The Morgan fingerprint density at radius 2 is 1.93 bits per heavy atom. The molecule has 0 bridgehead atoms. The van der Waals surface area contributed by atoms with Gasteiger partial charge in [0.15, 0.2) is 0 Å². The highest BCUT2D eigenvalue weighted by molar-refractivity contribution is 7.80. The predicted molar refractivity (Wildman–Crippen MR) is 116 cm³/mol. The summed E-state index contributed by atoms with van der Waals surface area (Å²) in [5.41, 5.74) is 11.7. The van der Waals surface area contributed by atoms with E-state index in [1.54, 1.807) is 0 Å². The van der Waals surface area contributed by atoms with Crippen molar-refractivity contribution in [3.05, 3.63) is 42.0 Å². The SMILES string of the molecule is CC(C)[C@H](NC(=O)[C@@H](BOCN)Cc1ccc(OCC=CCS)cc1)C(N)=O. The van der Waals surface area contributed by atoms with E-state index in [1.807, 2.05) is 50.3 Å². The fourth-order valence-electron chi connectivity index (χ4n) is 2.57. The van der Waals surface area contributed by atoms with Gasteiger partial charge in [-0.3, -0.25) is 9.59 Å². The Bertz CT molecular complexity index is 641. The molecule has 2 atom stereocenters. The number of primary amides is 1. The van der Waals surface area contributed by atoms with Gasteiger partial charge in [-0.25, -0.2) is 0 Å². The Hall–Kier alpha value is -1.97. The maximum Gasteiger partial charge on any atom is 0.289 e. The van der Waals surface area contributed by atoms with Crippen molar-refractivity contribution in [2.75, 3.05) is 19.1 Å². The minimum Gasteiger partial charge on any atom is -0.490 e. The standard InChI is InChI=1S/C19H30BN3O4S/c1-13(2)17(18(22)24)23-19(25)16(20-27-12-21)11-14-5-7-15(8-6-14)26-9-3-4-10-28/h3-8,13,16-17,20,28H,9-12,21H2,1-2H3,(H2,22,24)(H,23,25)/t16-,17-/m0/s1. The summed E-state index contributed by atoms with van der Waals surface area (Å²) in [6.45, 7) is 4.13. The molecule has 0 saturated carbocycles. The van der Waals surface area contributed by atoms with Crippen molar-refractivity contribution in [3.63, 3.8) is 0 Å². The molecule has 0 heterocycles. The van der Waals surface area contributed by atoms with Gasteiger partial charge >= 0.3 is 0 Å². The summed E-state index contributed by atoms with van der Waals surface area (Å²) in [6.07, 6.45) is 4.25. The van der Waals surface area contributed by atoms with Crippen molar-refractivity contribution in [1.82, 2.24) is 5.32 Å². The summed E-state index contributed by atoms with van der Waals surface area (Å²) in [5.74, 6) is -0.0389. The van der Waals surface area contributed by atoms with Crippen LogP contribution in [0.3, 0.4) is 0 Å². The van der Waals surface area contributed by atoms with Crippen molar-refractivity contribution in [2.45, 2.75) is 32.1 Å². The lowest BCUT2D eigenvalue weighted by atomic mass is 9.75. The van der Waals surface area contributed by atoms with Gasteiger partial charge in [-0.15, -0.1) is 0 Å². The van der Waals surface area contributed by atoms with Crippen LogP contribution in [0.5, 0.6) is 5.75 Å². The van der Waals surface area contributed by atoms with E-state index in [2.05, 4.69) is 17.9 Å². The van der Waals surface area contributed by atoms with Crippen LogP contribution in [0.1, 0.15) is 19.4 Å². The largest absolute Gasteiger partial charge is 0.490 e. The van der Waals surface area contributed by atoms with Gasteiger partial charge in [0, 0.05) is 11.6 Å². The molecule has 0 fully saturated rings. The monoisotopic (exact) mass is 407 g/mol. The first-order chi connectivity index (χ1) is 13.4. The number of carbonyl (C=O) groups excluding carboxylic acids is 2. The Kier molecular flexibility index (Phi) is 11.4. The number of nitrogens with one attached hydrogen (secondary N) is 1. The van der Waals surface area contributed by atoms with Crippen molar-refractivity contribution in [3.8, 4) is 5.75 Å². The number of rotatable bonds is 13. The van der Waals surface area contributed by atoms with Gasteiger partial charge in [-0.1, -0.05) is 38.1 Å². The number of amides is 2. The second-order valence-electron chi connectivity index (χ2n) is 6.68. The van der Waals surface area contributed by atoms with E-state index in [4.69, 9.17) is 20.9 Å². The Morgan fingerprint density at radius 1 is 1.25 bits per heavy atom. The van der Waals surface area contributed by atoms with E-state index in [1.165, 1.54) is 0 Å². The van der Waals surface area contributed by atoms with Gasteiger partial charge in [-0.05, 0) is 30.0 Å². The fourth-order valence-corrected chi connectivity index (χ4v) is 2.72. The summed E-state index contributed by atoms with van der Waals surface area (Å²) in [4.78, 5) is 24.2. The van der Waals surface area contributed by atoms with E-state index in [-0.39, 0.29) is 26.0 Å². The zero-order valence-electron chi connectivity index (χ0n) is 16.5. The highest BCUT2D eigenvalue weighted by Crippen LogP contribution is 2.18. The normalized spacial score (nSPS) is 13.3. The molecule has 2 amide bonds. The van der Waals surface area contributed by atoms with Crippen molar-refractivity contribution in [2.24, 2.45) is 17.4 Å². The molecule has 0 saturated heterocycles. The minimum atomic E-state index is -0.728. The van der Waals surface area contributed by atoms with Crippen molar-refractivity contribution < 1.29 is 19.0 Å². The molecule has 0 aliphatic rings. The molecule has 0 aromatic heterocycles. The minimum absolute atomic E-state index is 0.0137. The van der Waals surface area contributed by atoms with Gasteiger partial charge in [0.25, 0.3) is 7.48 Å². The number of hydrogen-bond acceptors (Lipinski definition) is 6. The van der Waals surface area contributed by atoms with Gasteiger partial charge in [-0.2, -0.15) is 12.6 Å². The molecular weight excluding hydrogens is 377 g/mol. The number of nitrogens with two attached hydrogens (primary N) is 2. The average molecular weight is 407 g/mol. The lowest BCUT2D eigenvalue weighted by Crippen LogP contribution is -2.49. The lowest BCUT2D eigenvalue weighted by Gasteiger charge is -2.22. The molecule has 1 rings (SSSR count). The van der Waals surface area contributed by atoms with Crippen LogP contribution in [0, 0.1) is 5.92 Å². The number of hydrogen-bond donors (Lipinski definition) is 4. The first kappa shape index (κ1) is 24.1. The van der Waals surface area contributed by atoms with Crippen LogP contribution in [-0.4, -0.2) is 44.4 Å². The van der Waals surface area contributed by atoms with Crippen molar-refractivity contribution >= 4 is 31.9 Å². The van der Waals surface area contributed by atoms with Crippen LogP contribution in [0.15, 0.2) is 36.4 Å². The smallest absolute Gasteiger partial charge is 0.289 e. The molecule has 1 aromatic rings. The quantitative estimate of drug-likeness (QED) is 0.167. The zero-order valence-corrected chi connectivity index (χ0v) is 17.4. The van der Waals surface area contributed by atoms with Crippen LogP contribution < -0.4 is 21.5 Å². The van der Waals surface area contributed by atoms with Crippen molar-refractivity contribution in [1.29, 1.82) is 0 Å². The fraction of sp³-hybridized carbons (Fsp3) is 0.474. The van der Waals surface area contributed by atoms with Gasteiger partial charge in [0.2, 0.25) is 11.8 Å². The maximum absolute atomic E-state index is 12.7. The van der Waals surface area contributed by atoms with Crippen LogP contribution in [0.4, 0.5) is 0 Å². The van der Waals surface area contributed by atoms with E-state index < -0.39 is 17.8 Å². The molecule has 0 aliphatic heterocycles. The molecule has 7 nitrogen and oxygen atoms in total. The first-order valence-corrected chi connectivity index (χ1v) is 9.87. The van der Waals surface area contributed by atoms with E-state index in [0.29, 0.717) is 18.8 Å². The van der Waals surface area contributed by atoms with E-state index >= 15 is 0 Å². The lowest BCUT2D eigenvalue weighted by molar-refractivity contribution is -0.128. The average Bonchev–Trinajstić information content (AvgIpc) is 2.67. The number of thiol groups is 1. The molecule has 0 aliphatic carbocycles. The topological polar surface area (TPSA) is 117 Å². The van der Waals surface area contributed by atoms with Gasteiger partial charge in [0.05, 0.1) is 6.73 Å². The third kappa shape index (κ3) is 8.82. The Labute approximate surface area is 172 Å². The molecule has 5 N–H and O–H groups in total. The third-order valence-electron chi connectivity index (χ3n) is 4.10. The summed E-state index contributed by atoms with van der Waals surface area (Å²) >= 11 is 4.09. The number of benzene rings is 1. The van der Waals surface area contributed by atoms with Gasteiger partial charge < -0.3 is 26.2 Å². The summed E-state index contributed by atoms with van der Waals surface area (Å²) in [5, 5.41) is 2.72. The highest BCUT2D eigenvalue weighted by atomic mass is 32.1. The third-order valence-corrected chi connectivity index (χ3v) is 4.31. The van der Waals surface area contributed by atoms with Crippen LogP contribution in [0.2, 0.25) is 5.82 Å². The molecule has 28 heavy (non-hydrogen) atoms. The van der Waals surface area contributed by atoms with Crippen LogP contribution in [-0.2, 0) is 20.7 Å². The Morgan fingerprint density at radius 3 is 2.46 bits per heavy atom. The highest BCUT2D eigenvalue weighted by Gasteiger charge is 2.27. The molecule has 0 unspecified atom stereocenters. The molecule has 0 radical (unpaired) electrons. The van der Waals surface area contributed by atoms with E-state index in [0.717, 1.165) is 11.3 Å². The van der Waals surface area contributed by atoms with E-state index in [9.17, 15) is 9.59 Å². The maximum atomic E-state index is 12.7. The molecule has 154 valence electrons. The summed E-state index contributed by atoms with van der Waals surface area (Å²) in [7, 11) is 0.151. The first-order valence-electron chi connectivity index (χ1n) is 9.24. The second-order valence-corrected chi connectivity index (χ2v) is 7.05. The van der Waals surface area contributed by atoms with Crippen LogP contribution in [0.25, 0.3) is 0 Å². The Balaban J connectivity index is 2.75. The van der Waals surface area contributed by atoms with Crippen LogP contribution >= 0.6 is 12.6 Å². The summed E-state index contributed by atoms with van der Waals surface area (Å²) in [6, 6.07) is 6.77.